The summed E-state index contributed by atoms with van der Waals surface area (Å²) in [5.41, 5.74) is 2.30. The molecule has 2 aliphatic rings. The second-order valence-electron chi connectivity index (χ2n) is 7.08. The molecule has 0 saturated carbocycles. The lowest BCUT2D eigenvalue weighted by Crippen LogP contribution is -2.45. The molecular weight excluding hydrogens is 417 g/mol. The van der Waals surface area contributed by atoms with Crippen molar-refractivity contribution in [1.82, 2.24) is 4.42 Å². The van der Waals surface area contributed by atoms with Crippen LogP contribution in [0.4, 0.5) is 20.6 Å². The molecule has 2 aromatic rings. The van der Waals surface area contributed by atoms with Crippen molar-refractivity contribution in [1.29, 1.82) is 0 Å². The number of aliphatic hydroxyl groups is 1. The summed E-state index contributed by atoms with van der Waals surface area (Å²) in [7, 11) is 0. The van der Waals surface area contributed by atoms with Crippen LogP contribution in [0.25, 0.3) is 0 Å². The van der Waals surface area contributed by atoms with E-state index in [4.69, 9.17) is 16.5 Å². The number of anilines is 2. The Labute approximate surface area is 175 Å². The molecule has 0 aliphatic carbocycles. The fourth-order valence-electron chi connectivity index (χ4n) is 3.46. The molecule has 30 heavy (non-hydrogen) atoms. The van der Waals surface area contributed by atoms with Crippen molar-refractivity contribution in [3.63, 3.8) is 0 Å². The third kappa shape index (κ3) is 3.81. The van der Waals surface area contributed by atoms with Crippen LogP contribution in [0.2, 0.25) is 0 Å². The standard InChI is InChI=1S/C20H17ClFN3O5/c21-25(11-12-2-1-3-14(22)8-12)19(28)30-20(29)6-7-24(18(20)27)15-4-5-16-13(9-15)10-17(26)23-16/h1-5,8-9,29H,6-7,10-11H2,(H,23,26)/t20-/m0/s1. The molecule has 0 unspecified atom stereocenters. The van der Waals surface area contributed by atoms with Crippen molar-refractivity contribution < 1.29 is 28.6 Å². The molecule has 0 radical (unpaired) electrons. The highest BCUT2D eigenvalue weighted by atomic mass is 35.5. The Morgan fingerprint density at radius 2 is 2.10 bits per heavy atom. The summed E-state index contributed by atoms with van der Waals surface area (Å²) in [6.45, 7) is -0.0764. The molecule has 10 heteroatoms. The third-order valence-electron chi connectivity index (χ3n) is 4.94. The van der Waals surface area contributed by atoms with Crippen LogP contribution < -0.4 is 10.2 Å². The predicted molar refractivity (Wildman–Crippen MR) is 105 cm³/mol. The van der Waals surface area contributed by atoms with Crippen LogP contribution in [-0.4, -0.2) is 39.8 Å². The van der Waals surface area contributed by atoms with Gasteiger partial charge < -0.3 is 20.1 Å². The van der Waals surface area contributed by atoms with Gasteiger partial charge in [0.2, 0.25) is 5.91 Å². The van der Waals surface area contributed by atoms with E-state index in [1.54, 1.807) is 24.3 Å². The van der Waals surface area contributed by atoms with E-state index in [-0.39, 0.29) is 31.8 Å². The average molecular weight is 434 g/mol. The van der Waals surface area contributed by atoms with E-state index in [0.717, 1.165) is 5.56 Å². The largest absolute Gasteiger partial charge is 0.427 e. The summed E-state index contributed by atoms with van der Waals surface area (Å²) in [6.07, 6.45) is -1.09. The molecule has 0 spiro atoms. The summed E-state index contributed by atoms with van der Waals surface area (Å²) in [6, 6.07) is 10.5. The van der Waals surface area contributed by atoms with E-state index in [9.17, 15) is 23.9 Å². The van der Waals surface area contributed by atoms with Crippen LogP contribution in [0.3, 0.4) is 0 Å². The maximum atomic E-state index is 13.3. The number of hydrogen-bond acceptors (Lipinski definition) is 5. The number of rotatable bonds is 4. The molecule has 156 valence electrons. The molecule has 2 aromatic carbocycles. The minimum atomic E-state index is -2.38. The van der Waals surface area contributed by atoms with E-state index in [1.807, 2.05) is 0 Å². The van der Waals surface area contributed by atoms with Gasteiger partial charge >= 0.3 is 6.09 Å². The molecule has 1 fully saturated rings. The Kier molecular flexibility index (Phi) is 5.08. The Balaban J connectivity index is 1.44. The quantitative estimate of drug-likeness (QED) is 0.570. The predicted octanol–water partition coefficient (Wildman–Crippen LogP) is 2.54. The van der Waals surface area contributed by atoms with Crippen LogP contribution in [0.1, 0.15) is 17.5 Å². The topological polar surface area (TPSA) is 99.2 Å². The van der Waals surface area contributed by atoms with E-state index in [0.29, 0.717) is 21.4 Å². The molecule has 8 nitrogen and oxygen atoms in total. The number of nitrogens with one attached hydrogen (secondary N) is 1. The Morgan fingerprint density at radius 3 is 2.87 bits per heavy atom. The van der Waals surface area contributed by atoms with Crippen LogP contribution in [0.5, 0.6) is 0 Å². The number of nitrogens with zero attached hydrogens (tertiary/aromatic N) is 2. The van der Waals surface area contributed by atoms with Gasteiger partial charge in [-0.05, 0) is 41.5 Å². The number of carbonyl (C=O) groups is 3. The molecule has 1 saturated heterocycles. The summed E-state index contributed by atoms with van der Waals surface area (Å²) < 4.78 is 18.9. The van der Waals surface area contributed by atoms with Crippen molar-refractivity contribution in [3.8, 4) is 0 Å². The number of benzene rings is 2. The fraction of sp³-hybridized carbons (Fsp3) is 0.250. The highest BCUT2D eigenvalue weighted by Crippen LogP contribution is 2.33. The Bertz CT molecular complexity index is 1050. The van der Waals surface area contributed by atoms with Crippen molar-refractivity contribution in [2.75, 3.05) is 16.8 Å². The molecule has 2 N–H and O–H groups in total. The first kappa shape index (κ1) is 20.1. The number of amides is 3. The maximum Gasteiger partial charge on any atom is 0.427 e. The average Bonchev–Trinajstić information content (AvgIpc) is 3.20. The van der Waals surface area contributed by atoms with Gasteiger partial charge in [0.1, 0.15) is 5.82 Å². The van der Waals surface area contributed by atoms with Gasteiger partial charge in [0.05, 0.1) is 13.0 Å². The lowest BCUT2D eigenvalue weighted by molar-refractivity contribution is -0.177. The number of ether oxygens (including phenoxy) is 1. The molecule has 2 heterocycles. The van der Waals surface area contributed by atoms with Gasteiger partial charge in [0, 0.05) is 36.1 Å². The van der Waals surface area contributed by atoms with E-state index in [1.165, 1.54) is 23.1 Å². The number of fused-ring (bicyclic) bond motifs is 1. The summed E-state index contributed by atoms with van der Waals surface area (Å²) in [5, 5.41) is 13.3. The minimum absolute atomic E-state index is 0.106. The molecule has 4 rings (SSSR count). The van der Waals surface area contributed by atoms with Gasteiger partial charge in [-0.3, -0.25) is 9.59 Å². The van der Waals surface area contributed by atoms with Crippen LogP contribution in [0, 0.1) is 5.82 Å². The first-order valence-electron chi connectivity index (χ1n) is 9.13. The van der Waals surface area contributed by atoms with Crippen molar-refractivity contribution in [2.45, 2.75) is 25.2 Å². The Morgan fingerprint density at radius 1 is 1.30 bits per heavy atom. The van der Waals surface area contributed by atoms with Crippen molar-refractivity contribution in [2.24, 2.45) is 0 Å². The lowest BCUT2D eigenvalue weighted by Gasteiger charge is -2.24. The molecule has 0 bridgehead atoms. The molecule has 1 atom stereocenters. The highest BCUT2D eigenvalue weighted by Gasteiger charge is 2.50. The smallest absolute Gasteiger partial charge is 0.406 e. The van der Waals surface area contributed by atoms with E-state index in [2.05, 4.69) is 5.32 Å². The van der Waals surface area contributed by atoms with Crippen molar-refractivity contribution >= 4 is 41.1 Å². The van der Waals surface area contributed by atoms with E-state index < -0.39 is 23.6 Å². The first-order valence-corrected chi connectivity index (χ1v) is 9.47. The Hall–Kier alpha value is -3.17. The first-order chi connectivity index (χ1) is 14.2. The zero-order valence-electron chi connectivity index (χ0n) is 15.6. The SMILES string of the molecule is O=C1Cc2cc(N3CC[C@](O)(OC(=O)N(Cl)Cc4cccc(F)c4)C3=O)ccc2N1. The molecule has 0 aromatic heterocycles. The summed E-state index contributed by atoms with van der Waals surface area (Å²) in [4.78, 5) is 37.8. The van der Waals surface area contributed by atoms with E-state index >= 15 is 0 Å². The van der Waals surface area contributed by atoms with Crippen LogP contribution >= 0.6 is 11.8 Å². The lowest BCUT2D eigenvalue weighted by atomic mass is 10.1. The molecule has 2 aliphatic heterocycles. The van der Waals surface area contributed by atoms with Crippen molar-refractivity contribution in [3.05, 3.63) is 59.4 Å². The second-order valence-corrected chi connectivity index (χ2v) is 7.48. The van der Waals surface area contributed by atoms with Gasteiger partial charge in [-0.1, -0.05) is 12.1 Å². The van der Waals surface area contributed by atoms with Gasteiger partial charge in [-0.25, -0.2) is 13.6 Å². The third-order valence-corrected chi connectivity index (χ3v) is 5.20. The monoisotopic (exact) mass is 433 g/mol. The van der Waals surface area contributed by atoms with Gasteiger partial charge in [-0.15, -0.1) is 0 Å². The number of carbonyl (C=O) groups excluding carboxylic acids is 3. The summed E-state index contributed by atoms with van der Waals surface area (Å²) in [5.74, 6) is -3.82. The van der Waals surface area contributed by atoms with Gasteiger partial charge in [-0.2, -0.15) is 0 Å². The second kappa shape index (κ2) is 7.58. The minimum Gasteiger partial charge on any atom is -0.406 e. The normalized spacial score (nSPS) is 20.2. The molecular formula is C20H17ClFN3O5. The van der Waals surface area contributed by atoms with Gasteiger partial charge in [0.15, 0.2) is 0 Å². The zero-order valence-corrected chi connectivity index (χ0v) is 16.4. The van der Waals surface area contributed by atoms with Crippen LogP contribution in [-0.2, 0) is 27.3 Å². The fourth-order valence-corrected chi connectivity index (χ4v) is 3.63. The highest BCUT2D eigenvalue weighted by molar-refractivity contribution is 6.20. The zero-order chi connectivity index (χ0) is 21.5. The van der Waals surface area contributed by atoms with Gasteiger partial charge in [0.25, 0.3) is 11.7 Å². The van der Waals surface area contributed by atoms with Crippen LogP contribution in [0.15, 0.2) is 42.5 Å². The molecule has 3 amide bonds. The number of hydrogen-bond donors (Lipinski definition) is 2. The summed E-state index contributed by atoms with van der Waals surface area (Å²) >= 11 is 5.90. The maximum absolute atomic E-state index is 13.3. The number of halogens is 2.